The molecule has 0 atom stereocenters. The molecule has 0 amide bonds. The maximum atomic E-state index is 9.87. The van der Waals surface area contributed by atoms with Gasteiger partial charge in [-0.25, -0.2) is 0 Å². The van der Waals surface area contributed by atoms with E-state index >= 15 is 0 Å². The van der Waals surface area contributed by atoms with Gasteiger partial charge in [0, 0.05) is 32.7 Å². The van der Waals surface area contributed by atoms with Crippen molar-refractivity contribution in [2.24, 2.45) is 0 Å². The molecule has 1 radical (unpaired) electrons. The average molecular weight is 256 g/mol. The summed E-state index contributed by atoms with van der Waals surface area (Å²) in [4.78, 5) is 0. The molecule has 4 heteroatoms. The SMILES string of the molecule is C.C.CCCCC[S-](=O)=O.[Y]. The summed E-state index contributed by atoms with van der Waals surface area (Å²) in [5.41, 5.74) is 0. The molecule has 0 saturated carbocycles. The first kappa shape index (κ1) is 22.7. The Hall–Kier alpha value is 1.05. The molecule has 0 aliphatic rings. The first-order chi connectivity index (χ1) is 3.77. The second kappa shape index (κ2) is 17.2. The molecule has 0 aromatic heterocycles. The van der Waals surface area contributed by atoms with Crippen molar-refractivity contribution in [3.05, 3.63) is 0 Å². The molecule has 0 spiro atoms. The van der Waals surface area contributed by atoms with E-state index in [4.69, 9.17) is 0 Å². The van der Waals surface area contributed by atoms with Crippen LogP contribution in [-0.2, 0) is 51.8 Å². The summed E-state index contributed by atoms with van der Waals surface area (Å²) in [6, 6.07) is 0. The molecule has 11 heavy (non-hydrogen) atoms. The summed E-state index contributed by atoms with van der Waals surface area (Å²) < 4.78 is 19.7. The van der Waals surface area contributed by atoms with Gasteiger partial charge in [0.25, 0.3) is 0 Å². The van der Waals surface area contributed by atoms with Crippen molar-refractivity contribution in [1.29, 1.82) is 0 Å². The van der Waals surface area contributed by atoms with Crippen LogP contribution in [0, 0.1) is 0 Å². The molecule has 0 aromatic rings. The third kappa shape index (κ3) is 24.7. The Balaban J connectivity index is -0.0000000817. The minimum absolute atomic E-state index is 0. The van der Waals surface area contributed by atoms with Gasteiger partial charge in [-0.1, -0.05) is 57.5 Å². The Morgan fingerprint density at radius 1 is 1.09 bits per heavy atom. The Morgan fingerprint density at radius 3 is 1.82 bits per heavy atom. The van der Waals surface area contributed by atoms with E-state index in [2.05, 4.69) is 0 Å². The fraction of sp³-hybridized carbons (Fsp3) is 1.00. The molecule has 0 unspecified atom stereocenters. The van der Waals surface area contributed by atoms with Crippen LogP contribution >= 0.6 is 0 Å². The standard InChI is InChI=1S/C5H11O2S.2CH4.Y/c1-2-3-4-5-8(6)7;;;/h2-5H2,1H3;2*1H4;/q-1;;;. The van der Waals surface area contributed by atoms with Gasteiger partial charge in [0.05, 0.1) is 0 Å². The van der Waals surface area contributed by atoms with Crippen molar-refractivity contribution >= 4 is 10.7 Å². The third-order valence-electron chi connectivity index (χ3n) is 0.915. The molecule has 2 nitrogen and oxygen atoms in total. The van der Waals surface area contributed by atoms with Crippen LogP contribution < -0.4 is 0 Å². The maximum absolute atomic E-state index is 9.87. The molecule has 0 saturated heterocycles. The van der Waals surface area contributed by atoms with Gasteiger partial charge in [-0.15, -0.1) is 0 Å². The molecule has 0 N–H and O–H groups in total. The monoisotopic (exact) mass is 256 g/mol. The molecule has 0 bridgehead atoms. The van der Waals surface area contributed by atoms with Crippen LogP contribution in [-0.4, -0.2) is 5.75 Å². The topological polar surface area (TPSA) is 34.1 Å². The van der Waals surface area contributed by atoms with Gasteiger partial charge in [0.15, 0.2) is 0 Å². The summed E-state index contributed by atoms with van der Waals surface area (Å²) in [7, 11) is -1.82. The zero-order valence-electron chi connectivity index (χ0n) is 5.63. The van der Waals surface area contributed by atoms with E-state index in [-0.39, 0.29) is 47.6 Å². The van der Waals surface area contributed by atoms with Crippen LogP contribution in [0.25, 0.3) is 0 Å². The van der Waals surface area contributed by atoms with E-state index in [9.17, 15) is 8.42 Å². The smallest absolute Gasteiger partial charge is 0 e. The number of unbranched alkanes of at least 4 members (excludes halogenated alkanes) is 2. The van der Waals surface area contributed by atoms with Crippen molar-refractivity contribution in [3.8, 4) is 0 Å². The zero-order chi connectivity index (χ0) is 6.41. The van der Waals surface area contributed by atoms with Gasteiger partial charge >= 0.3 is 0 Å². The first-order valence-corrected chi connectivity index (χ1v) is 4.07. The summed E-state index contributed by atoms with van der Waals surface area (Å²) in [5, 5.41) is 0. The normalized spacial score (nSPS) is 7.45. The zero-order valence-corrected chi connectivity index (χ0v) is 9.29. The predicted molar refractivity (Wildman–Crippen MR) is 46.6 cm³/mol. The predicted octanol–water partition coefficient (Wildman–Crippen LogP) is 2.76. The molecular formula is C7H19O2SY-. The van der Waals surface area contributed by atoms with Crippen LogP contribution in [0.5, 0.6) is 0 Å². The fourth-order valence-corrected chi connectivity index (χ4v) is 0.910. The minimum Gasteiger partial charge on any atom is -0.424 e. The van der Waals surface area contributed by atoms with E-state index in [1.165, 1.54) is 0 Å². The largest absolute Gasteiger partial charge is 0.424 e. The maximum Gasteiger partial charge on any atom is 0 e. The van der Waals surface area contributed by atoms with Gasteiger partial charge in [0.1, 0.15) is 0 Å². The Morgan fingerprint density at radius 2 is 1.55 bits per heavy atom. The molecule has 0 aliphatic carbocycles. The van der Waals surface area contributed by atoms with Crippen molar-refractivity contribution < 1.29 is 41.1 Å². The summed E-state index contributed by atoms with van der Waals surface area (Å²) in [5.74, 6) is 0.327. The molecule has 69 valence electrons. The second-order valence-electron chi connectivity index (χ2n) is 1.71. The van der Waals surface area contributed by atoms with Gasteiger partial charge in [-0.2, -0.15) is 0 Å². The second-order valence-corrected chi connectivity index (χ2v) is 2.73. The van der Waals surface area contributed by atoms with Crippen LogP contribution in [0.15, 0.2) is 0 Å². The molecule has 0 rings (SSSR count). The number of rotatable bonds is 4. The molecule has 0 aromatic carbocycles. The van der Waals surface area contributed by atoms with Crippen molar-refractivity contribution in [3.63, 3.8) is 0 Å². The van der Waals surface area contributed by atoms with Gasteiger partial charge in [0.2, 0.25) is 0 Å². The van der Waals surface area contributed by atoms with Crippen LogP contribution in [0.2, 0.25) is 0 Å². The van der Waals surface area contributed by atoms with Crippen LogP contribution in [0.1, 0.15) is 41.0 Å². The van der Waals surface area contributed by atoms with E-state index in [1.807, 2.05) is 6.92 Å². The van der Waals surface area contributed by atoms with E-state index < -0.39 is 10.7 Å². The van der Waals surface area contributed by atoms with Gasteiger partial charge in [-0.05, 0) is 0 Å². The molecule has 0 heterocycles. The molecule has 0 aliphatic heterocycles. The van der Waals surface area contributed by atoms with Crippen LogP contribution in [0.3, 0.4) is 0 Å². The van der Waals surface area contributed by atoms with Crippen molar-refractivity contribution in [2.75, 3.05) is 5.75 Å². The van der Waals surface area contributed by atoms with Crippen molar-refractivity contribution in [1.82, 2.24) is 0 Å². The number of hydrogen-bond acceptors (Lipinski definition) is 3. The average Bonchev–Trinajstić information content (AvgIpc) is 1.66. The van der Waals surface area contributed by atoms with Gasteiger partial charge in [-0.3, -0.25) is 0 Å². The summed E-state index contributed by atoms with van der Waals surface area (Å²) in [6.45, 7) is 2.05. The molecule has 0 fully saturated rings. The quantitative estimate of drug-likeness (QED) is 0.572. The Bertz CT molecular complexity index is 105. The summed E-state index contributed by atoms with van der Waals surface area (Å²) in [6.07, 6.45) is 2.91. The van der Waals surface area contributed by atoms with Crippen LogP contribution in [0.4, 0.5) is 0 Å². The summed E-state index contributed by atoms with van der Waals surface area (Å²) >= 11 is 0. The number of hydrogen-bond donors (Lipinski definition) is 0. The van der Waals surface area contributed by atoms with E-state index in [1.54, 1.807) is 0 Å². The Labute approximate surface area is 98.0 Å². The van der Waals surface area contributed by atoms with E-state index in [0.717, 1.165) is 19.3 Å². The fourth-order valence-electron chi connectivity index (χ4n) is 0.470. The molecular weight excluding hydrogens is 237 g/mol. The third-order valence-corrected chi connectivity index (χ3v) is 1.54. The van der Waals surface area contributed by atoms with Crippen molar-refractivity contribution in [2.45, 2.75) is 41.0 Å². The first-order valence-electron chi connectivity index (χ1n) is 2.83. The Kier molecular flexibility index (Phi) is 35.6. The van der Waals surface area contributed by atoms with Gasteiger partial charge < -0.3 is 8.42 Å². The minimum atomic E-state index is -1.82. The van der Waals surface area contributed by atoms with E-state index in [0.29, 0.717) is 5.75 Å².